The van der Waals surface area contributed by atoms with Crippen molar-refractivity contribution in [2.24, 2.45) is 0 Å². The number of carbonyl (C=O) groups is 3. The predicted octanol–water partition coefficient (Wildman–Crippen LogP) is 3.69. The van der Waals surface area contributed by atoms with Crippen molar-refractivity contribution in [3.8, 4) is 11.1 Å². The smallest absolute Gasteiger partial charge is 0.407 e. The largest absolute Gasteiger partial charge is 0.480 e. The summed E-state index contributed by atoms with van der Waals surface area (Å²) in [6.07, 6.45) is 1.01. The first kappa shape index (κ1) is 25.2. The van der Waals surface area contributed by atoms with Crippen molar-refractivity contribution in [1.82, 2.24) is 10.6 Å². The van der Waals surface area contributed by atoms with Crippen LogP contribution < -0.4 is 10.6 Å². The second kappa shape index (κ2) is 12.2. The number of methoxy groups -OCH3 is 1. The lowest BCUT2D eigenvalue weighted by Crippen LogP contribution is -2.51. The molecule has 0 aliphatic heterocycles. The maximum Gasteiger partial charge on any atom is 0.407 e. The van der Waals surface area contributed by atoms with Crippen LogP contribution in [0.5, 0.6) is 0 Å². The Morgan fingerprint density at radius 2 is 1.56 bits per heavy atom. The van der Waals surface area contributed by atoms with Gasteiger partial charge in [-0.15, -0.1) is 0 Å². The Hall–Kier alpha value is -3.39. The minimum Gasteiger partial charge on any atom is -0.480 e. The number of aliphatic carboxylic acids is 1. The molecular formula is C26H32N2O6. The van der Waals surface area contributed by atoms with E-state index in [0.717, 1.165) is 22.3 Å². The van der Waals surface area contributed by atoms with Crippen LogP contribution >= 0.6 is 0 Å². The van der Waals surface area contributed by atoms with E-state index in [9.17, 15) is 19.5 Å². The molecule has 8 heteroatoms. The van der Waals surface area contributed by atoms with Gasteiger partial charge in [0.05, 0.1) is 0 Å². The summed E-state index contributed by atoms with van der Waals surface area (Å²) >= 11 is 0. The Morgan fingerprint density at radius 1 is 0.941 bits per heavy atom. The highest BCUT2D eigenvalue weighted by atomic mass is 16.5. The average molecular weight is 469 g/mol. The number of hydrogen-bond acceptors (Lipinski definition) is 5. The molecule has 3 rings (SSSR count). The number of ether oxygens (including phenoxy) is 2. The average Bonchev–Trinajstić information content (AvgIpc) is 3.15. The number of alkyl carbamates (subject to hydrolysis) is 1. The molecule has 2 aromatic rings. The fraction of sp³-hybridized carbons (Fsp3) is 0.423. The van der Waals surface area contributed by atoms with E-state index in [-0.39, 0.29) is 18.9 Å². The Bertz CT molecular complexity index is 963. The molecule has 0 spiro atoms. The molecule has 0 saturated heterocycles. The highest BCUT2D eigenvalue weighted by Gasteiger charge is 2.30. The van der Waals surface area contributed by atoms with Crippen LogP contribution in [0.4, 0.5) is 4.79 Å². The third-order valence-electron chi connectivity index (χ3n) is 5.99. The quantitative estimate of drug-likeness (QED) is 0.410. The maximum absolute atomic E-state index is 12.7. The van der Waals surface area contributed by atoms with Gasteiger partial charge >= 0.3 is 12.1 Å². The maximum atomic E-state index is 12.7. The Labute approximate surface area is 199 Å². The lowest BCUT2D eigenvalue weighted by atomic mass is 9.98. The van der Waals surface area contributed by atoms with Crippen LogP contribution in [0, 0.1) is 0 Å². The number of fused-ring (bicyclic) bond motifs is 3. The van der Waals surface area contributed by atoms with Gasteiger partial charge in [-0.25, -0.2) is 9.59 Å². The van der Waals surface area contributed by atoms with E-state index in [1.54, 1.807) is 0 Å². The third-order valence-corrected chi connectivity index (χ3v) is 5.99. The zero-order valence-corrected chi connectivity index (χ0v) is 19.6. The number of carboxylic acid groups (broad SMARTS) is 1. The van der Waals surface area contributed by atoms with E-state index >= 15 is 0 Å². The van der Waals surface area contributed by atoms with Gasteiger partial charge in [0.2, 0.25) is 5.91 Å². The lowest BCUT2D eigenvalue weighted by Gasteiger charge is -2.21. The van der Waals surface area contributed by atoms with E-state index < -0.39 is 30.1 Å². The normalized spacial score (nSPS) is 13.9. The van der Waals surface area contributed by atoms with Gasteiger partial charge in [0.1, 0.15) is 18.7 Å². The zero-order valence-electron chi connectivity index (χ0n) is 19.6. The predicted molar refractivity (Wildman–Crippen MR) is 128 cm³/mol. The van der Waals surface area contributed by atoms with Crippen molar-refractivity contribution in [3.63, 3.8) is 0 Å². The fourth-order valence-corrected chi connectivity index (χ4v) is 4.30. The molecule has 1 unspecified atom stereocenters. The molecule has 3 N–H and O–H groups in total. The number of benzene rings is 2. The molecule has 0 radical (unpaired) electrons. The van der Waals surface area contributed by atoms with Crippen LogP contribution in [-0.4, -0.2) is 55.5 Å². The molecule has 2 amide bonds. The number of rotatable bonds is 12. The molecule has 0 bridgehead atoms. The molecular weight excluding hydrogens is 436 g/mol. The van der Waals surface area contributed by atoms with Crippen molar-refractivity contribution < 1.29 is 29.0 Å². The first-order valence-electron chi connectivity index (χ1n) is 11.6. The van der Waals surface area contributed by atoms with E-state index in [1.165, 1.54) is 7.11 Å². The van der Waals surface area contributed by atoms with Gasteiger partial charge in [-0.2, -0.15) is 0 Å². The summed E-state index contributed by atoms with van der Waals surface area (Å²) in [5.41, 5.74) is 4.45. The molecule has 0 heterocycles. The van der Waals surface area contributed by atoms with Gasteiger partial charge in [-0.3, -0.25) is 4.79 Å². The minimum atomic E-state index is -1.12. The van der Waals surface area contributed by atoms with Crippen LogP contribution in [0.3, 0.4) is 0 Å². The number of carboxylic acids is 1. The van der Waals surface area contributed by atoms with Crippen LogP contribution in [0.25, 0.3) is 11.1 Å². The molecule has 0 saturated carbocycles. The van der Waals surface area contributed by atoms with E-state index in [0.29, 0.717) is 25.9 Å². The molecule has 182 valence electrons. The van der Waals surface area contributed by atoms with Gasteiger partial charge in [-0.05, 0) is 41.5 Å². The second-order valence-electron chi connectivity index (χ2n) is 8.35. The summed E-state index contributed by atoms with van der Waals surface area (Å²) in [7, 11) is 1.53. The Morgan fingerprint density at radius 3 is 2.12 bits per heavy atom. The van der Waals surface area contributed by atoms with Gasteiger partial charge in [0.25, 0.3) is 0 Å². The molecule has 0 aromatic heterocycles. The SMILES string of the molecule is CCC[C@H](NC(=O)OCC1c2ccccc2-c2ccccc21)C(=O)NC(CCCOC)C(=O)O. The Kier molecular flexibility index (Phi) is 9.04. The van der Waals surface area contributed by atoms with Crippen molar-refractivity contribution in [2.75, 3.05) is 20.3 Å². The molecule has 8 nitrogen and oxygen atoms in total. The number of carbonyl (C=O) groups excluding carboxylic acids is 2. The lowest BCUT2D eigenvalue weighted by molar-refractivity contribution is -0.142. The summed E-state index contributed by atoms with van der Waals surface area (Å²) < 4.78 is 10.5. The first-order valence-corrected chi connectivity index (χ1v) is 11.6. The van der Waals surface area contributed by atoms with Crippen LogP contribution in [0.1, 0.15) is 49.7 Å². The minimum absolute atomic E-state index is 0.0891. The zero-order chi connectivity index (χ0) is 24.5. The van der Waals surface area contributed by atoms with E-state index in [1.807, 2.05) is 43.3 Å². The molecule has 1 aliphatic carbocycles. The highest BCUT2D eigenvalue weighted by Crippen LogP contribution is 2.44. The summed E-state index contributed by atoms with van der Waals surface area (Å²) in [5, 5.41) is 14.5. The first-order chi connectivity index (χ1) is 16.5. The Balaban J connectivity index is 1.61. The van der Waals surface area contributed by atoms with Gasteiger partial charge < -0.3 is 25.2 Å². The molecule has 34 heavy (non-hydrogen) atoms. The van der Waals surface area contributed by atoms with E-state index in [2.05, 4.69) is 22.8 Å². The summed E-state index contributed by atoms with van der Waals surface area (Å²) in [6.45, 7) is 2.41. The standard InChI is InChI=1S/C26H32N2O6/c1-3-9-22(24(29)27-23(25(30)31)14-8-15-33-2)28-26(32)34-16-21-19-12-6-4-10-17(19)18-11-5-7-13-20(18)21/h4-7,10-13,21-23H,3,8-9,14-16H2,1-2H3,(H,27,29)(H,28,32)(H,30,31)/t22-,23?/m0/s1. The number of nitrogens with one attached hydrogen (secondary N) is 2. The van der Waals surface area contributed by atoms with Crippen LogP contribution in [0.15, 0.2) is 48.5 Å². The van der Waals surface area contributed by atoms with Crippen molar-refractivity contribution >= 4 is 18.0 Å². The van der Waals surface area contributed by atoms with Gasteiger partial charge in [0, 0.05) is 19.6 Å². The van der Waals surface area contributed by atoms with Gasteiger partial charge in [-0.1, -0.05) is 61.9 Å². The fourth-order valence-electron chi connectivity index (χ4n) is 4.30. The molecule has 1 aliphatic rings. The summed E-state index contributed by atoms with van der Waals surface area (Å²) in [4.78, 5) is 36.8. The number of amides is 2. The molecule has 2 aromatic carbocycles. The van der Waals surface area contributed by atoms with Crippen molar-refractivity contribution in [2.45, 2.75) is 50.6 Å². The van der Waals surface area contributed by atoms with Crippen molar-refractivity contribution in [3.05, 3.63) is 59.7 Å². The number of hydrogen-bond donors (Lipinski definition) is 3. The van der Waals surface area contributed by atoms with Crippen LogP contribution in [-0.2, 0) is 19.1 Å². The van der Waals surface area contributed by atoms with Crippen molar-refractivity contribution in [1.29, 1.82) is 0 Å². The second-order valence-corrected chi connectivity index (χ2v) is 8.35. The third kappa shape index (κ3) is 6.14. The summed E-state index contributed by atoms with van der Waals surface area (Å²) in [6, 6.07) is 14.1. The van der Waals surface area contributed by atoms with E-state index in [4.69, 9.17) is 9.47 Å². The molecule has 2 atom stereocenters. The van der Waals surface area contributed by atoms with Crippen LogP contribution in [0.2, 0.25) is 0 Å². The topological polar surface area (TPSA) is 114 Å². The molecule has 0 fully saturated rings. The van der Waals surface area contributed by atoms with Gasteiger partial charge in [0.15, 0.2) is 0 Å². The monoisotopic (exact) mass is 468 g/mol. The summed E-state index contributed by atoms with van der Waals surface area (Å²) in [5.74, 6) is -1.75. The highest BCUT2D eigenvalue weighted by molar-refractivity contribution is 5.89.